The van der Waals surface area contributed by atoms with Crippen LogP contribution in [0.25, 0.3) is 0 Å². The lowest BCUT2D eigenvalue weighted by atomic mass is 10.2. The zero-order chi connectivity index (χ0) is 13.9. The first-order valence-corrected chi connectivity index (χ1v) is 6.45. The molecule has 1 aliphatic rings. The second-order valence-corrected chi connectivity index (χ2v) is 4.78. The monoisotopic (exact) mass is 267 g/mol. The van der Waals surface area contributed by atoms with E-state index in [1.165, 1.54) is 0 Å². The maximum atomic E-state index is 11.9. The predicted octanol–water partition coefficient (Wildman–Crippen LogP) is 1.53. The summed E-state index contributed by atoms with van der Waals surface area (Å²) in [5.74, 6) is 1.35. The summed E-state index contributed by atoms with van der Waals surface area (Å²) >= 11 is 0. The van der Waals surface area contributed by atoms with Crippen LogP contribution in [-0.4, -0.2) is 15.0 Å². The molecular weight excluding hydrogens is 254 g/mol. The molecule has 0 unspecified atom stereocenters. The molecule has 2 aromatic heterocycles. The first kappa shape index (κ1) is 12.4. The van der Waals surface area contributed by atoms with Gasteiger partial charge in [-0.15, -0.1) is 0 Å². The maximum Gasteiger partial charge on any atom is 0.271 e. The Morgan fingerprint density at radius 2 is 2.35 bits per heavy atom. The van der Waals surface area contributed by atoms with Crippen LogP contribution in [0, 0.1) is 11.3 Å². The van der Waals surface area contributed by atoms with Crippen molar-refractivity contribution in [1.29, 1.82) is 5.26 Å². The maximum absolute atomic E-state index is 11.9. The van der Waals surface area contributed by atoms with Crippen molar-refractivity contribution in [2.24, 2.45) is 0 Å². The first-order valence-electron chi connectivity index (χ1n) is 6.45. The molecule has 1 saturated carbocycles. The van der Waals surface area contributed by atoms with Crippen molar-refractivity contribution >= 4 is 5.82 Å². The highest BCUT2D eigenvalue weighted by Crippen LogP contribution is 2.37. The normalized spacial score (nSPS) is 13.8. The van der Waals surface area contributed by atoms with Crippen molar-refractivity contribution in [1.82, 2.24) is 15.0 Å². The second-order valence-electron chi connectivity index (χ2n) is 4.78. The van der Waals surface area contributed by atoms with Crippen molar-refractivity contribution in [3.63, 3.8) is 0 Å². The summed E-state index contributed by atoms with van der Waals surface area (Å²) in [6.45, 7) is 0.475. The fraction of sp³-hybridized carbons (Fsp3) is 0.286. The highest BCUT2D eigenvalue weighted by atomic mass is 16.1. The number of nitrogens with one attached hydrogen (secondary N) is 2. The van der Waals surface area contributed by atoms with Crippen LogP contribution in [0.5, 0.6) is 0 Å². The smallest absolute Gasteiger partial charge is 0.271 e. The quantitative estimate of drug-likeness (QED) is 0.876. The SMILES string of the molecule is N#Cc1c(NCc2cccnc2)nc(C2CC2)[nH]c1=O. The van der Waals surface area contributed by atoms with E-state index in [1.54, 1.807) is 12.4 Å². The van der Waals surface area contributed by atoms with Crippen molar-refractivity contribution in [3.8, 4) is 6.07 Å². The molecule has 3 rings (SSSR count). The Morgan fingerprint density at radius 1 is 1.50 bits per heavy atom. The van der Waals surface area contributed by atoms with Gasteiger partial charge in [0.05, 0.1) is 0 Å². The largest absolute Gasteiger partial charge is 0.365 e. The van der Waals surface area contributed by atoms with Crippen LogP contribution in [0.3, 0.4) is 0 Å². The number of hydrogen-bond acceptors (Lipinski definition) is 5. The van der Waals surface area contributed by atoms with E-state index in [1.807, 2.05) is 18.2 Å². The number of anilines is 1. The standard InChI is InChI=1S/C14H13N5O/c15-6-11-13(17-8-9-2-1-5-16-7-9)18-12(10-3-4-10)19-14(11)20/h1-2,5,7,10H,3-4,8H2,(H2,17,18,19,20). The number of aromatic nitrogens is 3. The molecule has 1 aliphatic carbocycles. The molecule has 0 saturated heterocycles. The molecule has 2 heterocycles. The topological polar surface area (TPSA) is 94.5 Å². The predicted molar refractivity (Wildman–Crippen MR) is 73.1 cm³/mol. The molecule has 2 aromatic rings. The molecule has 1 fully saturated rings. The van der Waals surface area contributed by atoms with Crippen molar-refractivity contribution < 1.29 is 0 Å². The van der Waals surface area contributed by atoms with Gasteiger partial charge in [-0.3, -0.25) is 9.78 Å². The van der Waals surface area contributed by atoms with Crippen molar-refractivity contribution in [2.45, 2.75) is 25.3 Å². The van der Waals surface area contributed by atoms with E-state index in [9.17, 15) is 4.79 Å². The summed E-state index contributed by atoms with van der Waals surface area (Å²) in [6, 6.07) is 5.66. The van der Waals surface area contributed by atoms with Gasteiger partial charge >= 0.3 is 0 Å². The minimum Gasteiger partial charge on any atom is -0.365 e. The van der Waals surface area contributed by atoms with Crippen LogP contribution in [-0.2, 0) is 6.54 Å². The zero-order valence-corrected chi connectivity index (χ0v) is 10.8. The Hall–Kier alpha value is -2.68. The molecule has 100 valence electrons. The number of rotatable bonds is 4. The molecule has 6 heteroatoms. The van der Waals surface area contributed by atoms with Gasteiger partial charge in [0, 0.05) is 24.9 Å². The molecule has 2 N–H and O–H groups in total. The summed E-state index contributed by atoms with van der Waals surface area (Å²) in [7, 11) is 0. The van der Waals surface area contributed by atoms with Crippen LogP contribution in [0.2, 0.25) is 0 Å². The summed E-state index contributed by atoms with van der Waals surface area (Å²) in [5.41, 5.74) is 0.614. The van der Waals surface area contributed by atoms with Gasteiger partial charge in [0.25, 0.3) is 5.56 Å². The third kappa shape index (κ3) is 2.52. The Bertz CT molecular complexity index is 713. The summed E-state index contributed by atoms with van der Waals surface area (Å²) in [5, 5.41) is 12.1. The third-order valence-corrected chi connectivity index (χ3v) is 3.20. The lowest BCUT2D eigenvalue weighted by Gasteiger charge is -2.08. The molecule has 6 nitrogen and oxygen atoms in total. The molecule has 0 bridgehead atoms. The molecule has 0 spiro atoms. The number of hydrogen-bond donors (Lipinski definition) is 2. The first-order chi connectivity index (χ1) is 9.78. The molecule has 0 aliphatic heterocycles. The van der Waals surface area contributed by atoms with Gasteiger partial charge in [0.15, 0.2) is 11.4 Å². The van der Waals surface area contributed by atoms with E-state index in [-0.39, 0.29) is 11.1 Å². The zero-order valence-electron chi connectivity index (χ0n) is 10.8. The third-order valence-electron chi connectivity index (χ3n) is 3.20. The molecule has 0 amide bonds. The van der Waals surface area contributed by atoms with Crippen molar-refractivity contribution in [3.05, 3.63) is 51.8 Å². The minimum absolute atomic E-state index is 0.0262. The summed E-state index contributed by atoms with van der Waals surface area (Å²) < 4.78 is 0. The molecule has 0 atom stereocenters. The highest BCUT2D eigenvalue weighted by Gasteiger charge is 2.27. The van der Waals surface area contributed by atoms with E-state index < -0.39 is 0 Å². The van der Waals surface area contributed by atoms with Crippen LogP contribution in [0.4, 0.5) is 5.82 Å². The number of pyridine rings is 1. The van der Waals surface area contributed by atoms with E-state index in [0.717, 1.165) is 18.4 Å². The number of nitriles is 1. The van der Waals surface area contributed by atoms with Crippen LogP contribution >= 0.6 is 0 Å². The van der Waals surface area contributed by atoms with Gasteiger partial charge in [-0.05, 0) is 24.5 Å². The van der Waals surface area contributed by atoms with E-state index in [4.69, 9.17) is 5.26 Å². The summed E-state index contributed by atoms with van der Waals surface area (Å²) in [6.07, 6.45) is 5.50. The Morgan fingerprint density at radius 3 is 3.00 bits per heavy atom. The average molecular weight is 267 g/mol. The van der Waals surface area contributed by atoms with E-state index >= 15 is 0 Å². The Labute approximate surface area is 115 Å². The second kappa shape index (κ2) is 5.13. The summed E-state index contributed by atoms with van der Waals surface area (Å²) in [4.78, 5) is 22.9. The lowest BCUT2D eigenvalue weighted by molar-refractivity contribution is 0.898. The Balaban J connectivity index is 1.87. The van der Waals surface area contributed by atoms with Crippen molar-refractivity contribution in [2.75, 3.05) is 5.32 Å². The fourth-order valence-electron chi connectivity index (χ4n) is 1.96. The molecule has 20 heavy (non-hydrogen) atoms. The lowest BCUT2D eigenvalue weighted by Crippen LogP contribution is -2.18. The van der Waals surface area contributed by atoms with Crippen LogP contribution in [0.15, 0.2) is 29.3 Å². The Kier molecular flexibility index (Phi) is 3.17. The highest BCUT2D eigenvalue weighted by molar-refractivity contribution is 5.51. The van der Waals surface area contributed by atoms with Gasteiger partial charge < -0.3 is 10.3 Å². The van der Waals surface area contributed by atoms with Gasteiger partial charge in [-0.25, -0.2) is 4.98 Å². The molecular formula is C14H13N5O. The van der Waals surface area contributed by atoms with E-state index in [2.05, 4.69) is 20.3 Å². The number of H-pyrrole nitrogens is 1. The molecule has 0 aromatic carbocycles. The van der Waals surface area contributed by atoms with Gasteiger partial charge in [0.1, 0.15) is 11.9 Å². The number of aromatic amines is 1. The van der Waals surface area contributed by atoms with Gasteiger partial charge in [0.2, 0.25) is 0 Å². The van der Waals surface area contributed by atoms with Gasteiger partial charge in [-0.2, -0.15) is 5.26 Å². The molecule has 0 radical (unpaired) electrons. The fourth-order valence-corrected chi connectivity index (χ4v) is 1.96. The van der Waals surface area contributed by atoms with Gasteiger partial charge in [-0.1, -0.05) is 6.07 Å². The van der Waals surface area contributed by atoms with E-state index in [0.29, 0.717) is 24.1 Å². The number of nitrogens with zero attached hydrogens (tertiary/aromatic N) is 3. The minimum atomic E-state index is -0.377. The van der Waals surface area contributed by atoms with Crippen LogP contribution < -0.4 is 10.9 Å². The average Bonchev–Trinajstić information content (AvgIpc) is 3.30. The van der Waals surface area contributed by atoms with Crippen LogP contribution in [0.1, 0.15) is 35.7 Å².